The fourth-order valence-electron chi connectivity index (χ4n) is 1.47. The van der Waals surface area contributed by atoms with Gasteiger partial charge in [-0.25, -0.2) is 13.6 Å². The Morgan fingerprint density at radius 2 is 2.11 bits per heavy atom. The van der Waals surface area contributed by atoms with Crippen LogP contribution in [0.5, 0.6) is 5.75 Å². The van der Waals surface area contributed by atoms with Crippen LogP contribution in [0.3, 0.4) is 0 Å². The van der Waals surface area contributed by atoms with Crippen LogP contribution in [-0.4, -0.2) is 16.1 Å². The van der Waals surface area contributed by atoms with Crippen LogP contribution in [0.4, 0.5) is 8.78 Å². The second-order valence-electron chi connectivity index (χ2n) is 3.70. The molecule has 1 heterocycles. The summed E-state index contributed by atoms with van der Waals surface area (Å²) in [6.07, 6.45) is 2.54. The Bertz CT molecular complexity index is 617. The maximum atomic E-state index is 13.4. The molecule has 2 aromatic rings. The van der Waals surface area contributed by atoms with Crippen LogP contribution in [0.15, 0.2) is 36.7 Å². The molecule has 1 aromatic carbocycles. The van der Waals surface area contributed by atoms with Crippen LogP contribution >= 0.6 is 0 Å². The van der Waals surface area contributed by atoms with Gasteiger partial charge in [-0.2, -0.15) is 0 Å². The summed E-state index contributed by atoms with van der Waals surface area (Å²) >= 11 is 0. The number of aromatic carboxylic acids is 1. The van der Waals surface area contributed by atoms with Crippen LogP contribution in [-0.2, 0) is 6.61 Å². The van der Waals surface area contributed by atoms with Crippen LogP contribution in [0.25, 0.3) is 0 Å². The van der Waals surface area contributed by atoms with Crippen molar-refractivity contribution in [1.82, 2.24) is 4.98 Å². The molecule has 0 bridgehead atoms. The van der Waals surface area contributed by atoms with E-state index in [1.165, 1.54) is 24.5 Å². The summed E-state index contributed by atoms with van der Waals surface area (Å²) in [7, 11) is 0. The van der Waals surface area contributed by atoms with Crippen LogP contribution in [0, 0.1) is 11.6 Å². The highest BCUT2D eigenvalue weighted by Crippen LogP contribution is 2.19. The van der Waals surface area contributed by atoms with Crippen molar-refractivity contribution in [2.75, 3.05) is 0 Å². The van der Waals surface area contributed by atoms with Gasteiger partial charge in [0.15, 0.2) is 5.75 Å². The summed E-state index contributed by atoms with van der Waals surface area (Å²) in [6, 6.07) is 4.35. The van der Waals surface area contributed by atoms with E-state index in [1.807, 2.05) is 0 Å². The van der Waals surface area contributed by atoms with E-state index in [9.17, 15) is 13.6 Å². The minimum absolute atomic E-state index is 0.0266. The number of rotatable bonds is 4. The van der Waals surface area contributed by atoms with Gasteiger partial charge in [0.1, 0.15) is 23.8 Å². The number of halogens is 2. The predicted octanol–water partition coefficient (Wildman–Crippen LogP) is 2.64. The summed E-state index contributed by atoms with van der Waals surface area (Å²) < 4.78 is 31.3. The predicted molar refractivity (Wildman–Crippen MR) is 61.9 cm³/mol. The van der Waals surface area contributed by atoms with Crippen molar-refractivity contribution in [1.29, 1.82) is 0 Å². The van der Waals surface area contributed by atoms with E-state index >= 15 is 0 Å². The molecule has 0 aliphatic heterocycles. The zero-order valence-corrected chi connectivity index (χ0v) is 9.64. The molecule has 0 aliphatic carbocycles. The summed E-state index contributed by atoms with van der Waals surface area (Å²) in [5, 5.41) is 8.92. The average molecular weight is 265 g/mol. The highest BCUT2D eigenvalue weighted by molar-refractivity contribution is 5.90. The normalized spacial score (nSPS) is 10.2. The van der Waals surface area contributed by atoms with Crippen LogP contribution < -0.4 is 4.74 Å². The fourth-order valence-corrected chi connectivity index (χ4v) is 1.47. The molecule has 0 atom stereocenters. The summed E-state index contributed by atoms with van der Waals surface area (Å²) in [5.41, 5.74) is 0.0547. The average Bonchev–Trinajstić information content (AvgIpc) is 2.38. The Morgan fingerprint density at radius 1 is 1.32 bits per heavy atom. The van der Waals surface area contributed by atoms with E-state index in [1.54, 1.807) is 0 Å². The smallest absolute Gasteiger partial charge is 0.339 e. The van der Waals surface area contributed by atoms with Gasteiger partial charge in [-0.3, -0.25) is 4.98 Å². The number of ether oxygens (including phenoxy) is 1. The quantitative estimate of drug-likeness (QED) is 0.923. The van der Waals surface area contributed by atoms with Crippen molar-refractivity contribution in [2.24, 2.45) is 0 Å². The first kappa shape index (κ1) is 12.9. The third-order valence-electron chi connectivity index (χ3n) is 2.41. The molecule has 6 heteroatoms. The molecule has 1 aromatic heterocycles. The fraction of sp³-hybridized carbons (Fsp3) is 0.0769. The lowest BCUT2D eigenvalue weighted by atomic mass is 10.2. The van der Waals surface area contributed by atoms with Crippen LogP contribution in [0.1, 0.15) is 15.9 Å². The van der Waals surface area contributed by atoms with Gasteiger partial charge in [-0.15, -0.1) is 0 Å². The van der Waals surface area contributed by atoms with Gasteiger partial charge < -0.3 is 9.84 Å². The third kappa shape index (κ3) is 3.04. The summed E-state index contributed by atoms with van der Waals surface area (Å²) in [5.74, 6) is -2.58. The Kier molecular flexibility index (Phi) is 3.70. The second-order valence-corrected chi connectivity index (χ2v) is 3.70. The molecule has 0 amide bonds. The lowest BCUT2D eigenvalue weighted by molar-refractivity contribution is 0.0691. The van der Waals surface area contributed by atoms with Crippen LogP contribution in [0.2, 0.25) is 0 Å². The number of nitrogens with zero attached hydrogens (tertiary/aromatic N) is 1. The largest absolute Gasteiger partial charge is 0.486 e. The van der Waals surface area contributed by atoms with Crippen molar-refractivity contribution in [3.8, 4) is 5.75 Å². The van der Waals surface area contributed by atoms with E-state index in [0.29, 0.717) is 0 Å². The molecule has 19 heavy (non-hydrogen) atoms. The van der Waals surface area contributed by atoms with Gasteiger partial charge in [0, 0.05) is 17.8 Å². The zero-order valence-electron chi connectivity index (χ0n) is 9.64. The SMILES string of the molecule is O=C(O)c1ccncc1OCc1ccc(F)cc1F. The Balaban J connectivity index is 2.17. The molecule has 0 unspecified atom stereocenters. The number of hydrogen-bond acceptors (Lipinski definition) is 3. The van der Waals surface area contributed by atoms with E-state index in [0.717, 1.165) is 12.1 Å². The Labute approximate surface area is 107 Å². The molecular weight excluding hydrogens is 256 g/mol. The highest BCUT2D eigenvalue weighted by Gasteiger charge is 2.12. The highest BCUT2D eigenvalue weighted by atomic mass is 19.1. The van der Waals surface area contributed by atoms with E-state index in [4.69, 9.17) is 9.84 Å². The van der Waals surface area contributed by atoms with Gasteiger partial charge in [0.05, 0.1) is 6.20 Å². The monoisotopic (exact) mass is 265 g/mol. The zero-order chi connectivity index (χ0) is 13.8. The lowest BCUT2D eigenvalue weighted by Crippen LogP contribution is -2.05. The summed E-state index contributed by atoms with van der Waals surface area (Å²) in [6.45, 7) is -0.210. The van der Waals surface area contributed by atoms with E-state index in [-0.39, 0.29) is 23.5 Å². The van der Waals surface area contributed by atoms with Crippen molar-refractivity contribution < 1.29 is 23.4 Å². The first-order chi connectivity index (χ1) is 9.08. The molecule has 0 spiro atoms. The van der Waals surface area contributed by atoms with Gasteiger partial charge in [-0.1, -0.05) is 0 Å². The minimum atomic E-state index is -1.17. The minimum Gasteiger partial charge on any atom is -0.486 e. The van der Waals surface area contributed by atoms with Crippen molar-refractivity contribution in [3.05, 3.63) is 59.4 Å². The van der Waals surface area contributed by atoms with Crippen molar-refractivity contribution in [3.63, 3.8) is 0 Å². The first-order valence-electron chi connectivity index (χ1n) is 5.32. The van der Waals surface area contributed by atoms with Gasteiger partial charge in [0.25, 0.3) is 0 Å². The number of hydrogen-bond donors (Lipinski definition) is 1. The summed E-state index contributed by atoms with van der Waals surface area (Å²) in [4.78, 5) is 14.6. The van der Waals surface area contributed by atoms with Gasteiger partial charge >= 0.3 is 5.97 Å². The molecule has 0 fully saturated rings. The lowest BCUT2D eigenvalue weighted by Gasteiger charge is -2.09. The molecule has 0 saturated heterocycles. The first-order valence-corrected chi connectivity index (χ1v) is 5.32. The Hall–Kier alpha value is -2.50. The van der Waals surface area contributed by atoms with E-state index in [2.05, 4.69) is 4.98 Å². The van der Waals surface area contributed by atoms with Crippen molar-refractivity contribution in [2.45, 2.75) is 6.61 Å². The molecule has 0 saturated carbocycles. The molecule has 2 rings (SSSR count). The standard InChI is InChI=1S/C13H9F2NO3/c14-9-2-1-8(11(15)5-9)7-19-12-6-16-4-3-10(12)13(17)18/h1-6H,7H2,(H,17,18). The van der Waals surface area contributed by atoms with Gasteiger partial charge in [0.2, 0.25) is 0 Å². The third-order valence-corrected chi connectivity index (χ3v) is 2.41. The molecular formula is C13H9F2NO3. The molecule has 1 N–H and O–H groups in total. The molecule has 4 nitrogen and oxygen atoms in total. The Morgan fingerprint density at radius 3 is 2.79 bits per heavy atom. The number of pyridine rings is 1. The van der Waals surface area contributed by atoms with E-state index < -0.39 is 17.6 Å². The van der Waals surface area contributed by atoms with Crippen molar-refractivity contribution >= 4 is 5.97 Å². The molecule has 0 radical (unpaired) electrons. The maximum absolute atomic E-state index is 13.4. The molecule has 98 valence electrons. The number of carboxylic acids is 1. The molecule has 0 aliphatic rings. The number of aromatic nitrogens is 1. The topological polar surface area (TPSA) is 59.4 Å². The number of carbonyl (C=O) groups is 1. The maximum Gasteiger partial charge on any atom is 0.339 e. The number of carboxylic acid groups (broad SMARTS) is 1. The van der Waals surface area contributed by atoms with Gasteiger partial charge in [-0.05, 0) is 18.2 Å². The number of benzene rings is 1. The second kappa shape index (κ2) is 5.43.